The average molecular weight is 359 g/mol. The lowest BCUT2D eigenvalue weighted by Gasteiger charge is -2.31. The molecule has 0 radical (unpaired) electrons. The fraction of sp³-hybridized carbons (Fsp3) is 0.600. The first kappa shape index (κ1) is 18.5. The second kappa shape index (κ2) is 7.56. The van der Waals surface area contributed by atoms with Crippen molar-refractivity contribution in [3.05, 3.63) is 23.8 Å². The van der Waals surface area contributed by atoms with E-state index in [1.807, 2.05) is 13.0 Å². The topological polar surface area (TPSA) is 88.2 Å². The number of phenols is 1. The summed E-state index contributed by atoms with van der Waals surface area (Å²) in [6.45, 7) is 2.14. The highest BCUT2D eigenvalue weighted by molar-refractivity contribution is 6.06. The van der Waals surface area contributed by atoms with Gasteiger partial charge in [0.15, 0.2) is 11.5 Å². The maximum absolute atomic E-state index is 12.9. The molecule has 1 aliphatic heterocycles. The minimum absolute atomic E-state index is 0.0879. The predicted molar refractivity (Wildman–Crippen MR) is 101 cm³/mol. The Bertz CT molecular complexity index is 698. The van der Waals surface area contributed by atoms with Crippen LogP contribution in [0.2, 0.25) is 0 Å². The highest BCUT2D eigenvalue weighted by atomic mass is 16.5. The van der Waals surface area contributed by atoms with Crippen LogP contribution < -0.4 is 10.5 Å². The maximum atomic E-state index is 12.9. The zero-order valence-corrected chi connectivity index (χ0v) is 15.7. The minimum atomic E-state index is -0.939. The van der Waals surface area contributed by atoms with Crippen molar-refractivity contribution >= 4 is 11.9 Å². The van der Waals surface area contributed by atoms with Gasteiger partial charge in [-0.05, 0) is 42.5 Å². The number of aliphatic imine (C=N–C) groups is 1. The summed E-state index contributed by atoms with van der Waals surface area (Å²) in [6.07, 6.45) is 7.34. The van der Waals surface area contributed by atoms with Crippen molar-refractivity contribution in [1.82, 2.24) is 4.90 Å². The number of aromatic hydroxyl groups is 1. The summed E-state index contributed by atoms with van der Waals surface area (Å²) in [5.41, 5.74) is 5.83. The second-order valence-corrected chi connectivity index (χ2v) is 7.51. The molecule has 0 spiro atoms. The van der Waals surface area contributed by atoms with Gasteiger partial charge in [0.1, 0.15) is 18.1 Å². The number of likely N-dealkylation sites (N-methyl/N-ethyl adjacent to an activating group) is 1. The van der Waals surface area contributed by atoms with E-state index in [0.717, 1.165) is 18.4 Å². The molecule has 6 nitrogen and oxygen atoms in total. The fourth-order valence-corrected chi connectivity index (χ4v) is 4.05. The molecular formula is C20H29N3O3. The van der Waals surface area contributed by atoms with Gasteiger partial charge in [0, 0.05) is 7.05 Å². The first-order valence-corrected chi connectivity index (χ1v) is 9.53. The van der Waals surface area contributed by atoms with E-state index in [9.17, 15) is 9.90 Å². The number of benzene rings is 1. The number of hydrogen-bond donors (Lipinski definition) is 2. The number of aryl methyl sites for hydroxylation is 1. The van der Waals surface area contributed by atoms with Crippen LogP contribution in [-0.4, -0.2) is 41.1 Å². The molecule has 0 bridgehead atoms. The normalized spacial score (nSPS) is 24.0. The van der Waals surface area contributed by atoms with Crippen molar-refractivity contribution in [2.75, 3.05) is 13.7 Å². The van der Waals surface area contributed by atoms with Crippen LogP contribution >= 0.6 is 0 Å². The molecule has 1 amide bonds. The van der Waals surface area contributed by atoms with E-state index in [4.69, 9.17) is 10.5 Å². The lowest BCUT2D eigenvalue weighted by molar-refractivity contribution is -0.132. The smallest absolute Gasteiger partial charge is 0.260 e. The molecule has 3 rings (SSSR count). The number of amides is 1. The molecule has 1 unspecified atom stereocenters. The molecule has 142 valence electrons. The van der Waals surface area contributed by atoms with Crippen molar-refractivity contribution in [2.24, 2.45) is 16.6 Å². The Hall–Kier alpha value is -2.24. The third-order valence-corrected chi connectivity index (χ3v) is 5.64. The third-order valence-electron chi connectivity index (χ3n) is 5.64. The highest BCUT2D eigenvalue weighted by Crippen LogP contribution is 2.36. The highest BCUT2D eigenvalue weighted by Gasteiger charge is 2.48. The Labute approximate surface area is 155 Å². The van der Waals surface area contributed by atoms with Crippen LogP contribution in [-0.2, 0) is 11.2 Å². The zero-order chi connectivity index (χ0) is 18.7. The van der Waals surface area contributed by atoms with Gasteiger partial charge in [-0.1, -0.05) is 39.0 Å². The molecule has 2 aliphatic rings. The first-order chi connectivity index (χ1) is 12.4. The Morgan fingerprint density at radius 2 is 2.08 bits per heavy atom. The van der Waals surface area contributed by atoms with Crippen LogP contribution in [0, 0.1) is 5.92 Å². The molecule has 1 aliphatic carbocycles. The van der Waals surface area contributed by atoms with Crippen LogP contribution in [0.25, 0.3) is 0 Å². The molecule has 0 saturated heterocycles. The van der Waals surface area contributed by atoms with Gasteiger partial charge in [-0.15, -0.1) is 0 Å². The molecule has 1 aromatic rings. The number of nitrogens with two attached hydrogens (primary N) is 1. The molecule has 3 N–H and O–H groups in total. The molecule has 1 fully saturated rings. The SMILES string of the molecule is CCc1cc(OCC2(CC3CCCCC3)N=C(N)N(C)C2=O)ccc1O. The molecule has 6 heteroatoms. The van der Waals surface area contributed by atoms with E-state index in [1.54, 1.807) is 19.2 Å². The summed E-state index contributed by atoms with van der Waals surface area (Å²) in [5, 5.41) is 9.84. The minimum Gasteiger partial charge on any atom is -0.508 e. The van der Waals surface area contributed by atoms with Gasteiger partial charge in [0.2, 0.25) is 0 Å². The number of guanidine groups is 1. The zero-order valence-electron chi connectivity index (χ0n) is 15.7. The Morgan fingerprint density at radius 1 is 1.35 bits per heavy atom. The summed E-state index contributed by atoms with van der Waals surface area (Å²) >= 11 is 0. The van der Waals surface area contributed by atoms with Gasteiger partial charge in [0.25, 0.3) is 5.91 Å². The van der Waals surface area contributed by atoms with Gasteiger partial charge in [-0.2, -0.15) is 0 Å². The van der Waals surface area contributed by atoms with E-state index in [2.05, 4.69) is 4.99 Å². The largest absolute Gasteiger partial charge is 0.508 e. The summed E-state index contributed by atoms with van der Waals surface area (Å²) < 4.78 is 5.98. The lowest BCUT2D eigenvalue weighted by atomic mass is 9.79. The third kappa shape index (κ3) is 3.64. The van der Waals surface area contributed by atoms with Crippen molar-refractivity contribution < 1.29 is 14.6 Å². The molecule has 0 aromatic heterocycles. The van der Waals surface area contributed by atoms with Gasteiger partial charge >= 0.3 is 0 Å². The fourth-order valence-electron chi connectivity index (χ4n) is 4.05. The quantitative estimate of drug-likeness (QED) is 0.817. The second-order valence-electron chi connectivity index (χ2n) is 7.51. The molecule has 1 heterocycles. The average Bonchev–Trinajstić information content (AvgIpc) is 2.86. The number of ether oxygens (including phenoxy) is 1. The number of nitrogens with zero attached hydrogens (tertiary/aromatic N) is 2. The summed E-state index contributed by atoms with van der Waals surface area (Å²) in [5.74, 6) is 1.55. The summed E-state index contributed by atoms with van der Waals surface area (Å²) in [4.78, 5) is 18.9. The maximum Gasteiger partial charge on any atom is 0.260 e. The molecule has 26 heavy (non-hydrogen) atoms. The van der Waals surface area contributed by atoms with Gasteiger partial charge < -0.3 is 15.6 Å². The van der Waals surface area contributed by atoms with Crippen LogP contribution in [0.5, 0.6) is 11.5 Å². The van der Waals surface area contributed by atoms with Crippen molar-refractivity contribution in [3.8, 4) is 11.5 Å². The van der Waals surface area contributed by atoms with Gasteiger partial charge in [-0.3, -0.25) is 9.69 Å². The lowest BCUT2D eigenvalue weighted by Crippen LogP contribution is -2.47. The van der Waals surface area contributed by atoms with E-state index >= 15 is 0 Å². The van der Waals surface area contributed by atoms with E-state index in [1.165, 1.54) is 24.2 Å². The van der Waals surface area contributed by atoms with Crippen molar-refractivity contribution in [2.45, 2.75) is 57.4 Å². The predicted octanol–water partition coefficient (Wildman–Crippen LogP) is 2.83. The number of hydrogen-bond acceptors (Lipinski definition) is 5. The molecule has 1 atom stereocenters. The van der Waals surface area contributed by atoms with Crippen LogP contribution in [0.1, 0.15) is 51.0 Å². The number of carbonyl (C=O) groups excluding carboxylic acids is 1. The summed E-state index contributed by atoms with van der Waals surface area (Å²) in [7, 11) is 1.67. The number of phenolic OH excluding ortho intramolecular Hbond substituents is 1. The number of rotatable bonds is 6. The Balaban J connectivity index is 1.79. The van der Waals surface area contributed by atoms with Crippen molar-refractivity contribution in [3.63, 3.8) is 0 Å². The standard InChI is InChI=1S/C20H29N3O3/c1-3-15-11-16(9-10-17(15)24)26-13-20(12-14-7-5-4-6-8-14)18(25)23(2)19(21)22-20/h9-11,14,24H,3-8,12-13H2,1-2H3,(H2,21,22). The van der Waals surface area contributed by atoms with E-state index in [0.29, 0.717) is 24.5 Å². The summed E-state index contributed by atoms with van der Waals surface area (Å²) in [6, 6.07) is 5.17. The van der Waals surface area contributed by atoms with Gasteiger partial charge in [-0.25, -0.2) is 4.99 Å². The van der Waals surface area contributed by atoms with Crippen molar-refractivity contribution in [1.29, 1.82) is 0 Å². The van der Waals surface area contributed by atoms with Gasteiger partial charge in [0.05, 0.1) is 0 Å². The van der Waals surface area contributed by atoms with E-state index in [-0.39, 0.29) is 24.2 Å². The number of carbonyl (C=O) groups is 1. The molecule has 1 saturated carbocycles. The Kier molecular flexibility index (Phi) is 5.39. The van der Waals surface area contributed by atoms with E-state index < -0.39 is 5.54 Å². The van der Waals surface area contributed by atoms with Crippen LogP contribution in [0.4, 0.5) is 0 Å². The van der Waals surface area contributed by atoms with Crippen LogP contribution in [0.15, 0.2) is 23.2 Å². The molecular weight excluding hydrogens is 330 g/mol. The molecule has 1 aromatic carbocycles. The van der Waals surface area contributed by atoms with Crippen LogP contribution in [0.3, 0.4) is 0 Å². The monoisotopic (exact) mass is 359 g/mol. The first-order valence-electron chi connectivity index (χ1n) is 9.53. The Morgan fingerprint density at radius 3 is 2.69 bits per heavy atom.